The summed E-state index contributed by atoms with van der Waals surface area (Å²) in [6.45, 7) is 1.24. The van der Waals surface area contributed by atoms with Gasteiger partial charge in [0.2, 0.25) is 0 Å². The molecule has 3 aromatic heterocycles. The summed E-state index contributed by atoms with van der Waals surface area (Å²) >= 11 is 1.54. The maximum absolute atomic E-state index is 13.0. The maximum atomic E-state index is 13.0. The molecular formula is C20H24N4O3S. The zero-order valence-electron chi connectivity index (χ0n) is 15.8. The second kappa shape index (κ2) is 8.81. The maximum Gasteiger partial charge on any atom is 0.271 e. The van der Waals surface area contributed by atoms with Crippen LogP contribution in [0.4, 0.5) is 0 Å². The van der Waals surface area contributed by atoms with Crippen molar-refractivity contribution in [3.63, 3.8) is 0 Å². The van der Waals surface area contributed by atoms with E-state index in [4.69, 9.17) is 9.47 Å². The Bertz CT molecular complexity index is 917. The molecule has 148 valence electrons. The molecule has 0 saturated heterocycles. The molecule has 28 heavy (non-hydrogen) atoms. The number of rotatable bonds is 7. The van der Waals surface area contributed by atoms with Crippen molar-refractivity contribution in [2.45, 2.75) is 37.8 Å². The normalized spacial score (nSPS) is 19.8. The number of methoxy groups -OCH3 is 1. The first-order chi connectivity index (χ1) is 13.7. The first kappa shape index (κ1) is 19.0. The van der Waals surface area contributed by atoms with Crippen molar-refractivity contribution in [2.24, 2.45) is 0 Å². The lowest BCUT2D eigenvalue weighted by atomic mass is 9.93. The fourth-order valence-corrected chi connectivity index (χ4v) is 4.43. The van der Waals surface area contributed by atoms with E-state index in [-0.39, 0.29) is 18.1 Å². The molecule has 1 fully saturated rings. The number of nitrogens with one attached hydrogen (secondary N) is 1. The van der Waals surface area contributed by atoms with Crippen LogP contribution in [0.2, 0.25) is 0 Å². The smallest absolute Gasteiger partial charge is 0.271 e. The molecule has 7 nitrogen and oxygen atoms in total. The number of pyridine rings is 1. The molecule has 1 N–H and O–H groups in total. The highest BCUT2D eigenvalue weighted by molar-refractivity contribution is 7.17. The first-order valence-electron chi connectivity index (χ1n) is 9.52. The number of ether oxygens (including phenoxy) is 2. The topological polar surface area (TPSA) is 78.3 Å². The zero-order chi connectivity index (χ0) is 19.3. The van der Waals surface area contributed by atoms with Crippen molar-refractivity contribution in [1.29, 1.82) is 0 Å². The quantitative estimate of drug-likeness (QED) is 0.616. The predicted molar refractivity (Wildman–Crippen MR) is 108 cm³/mol. The van der Waals surface area contributed by atoms with E-state index in [0.29, 0.717) is 24.7 Å². The van der Waals surface area contributed by atoms with Gasteiger partial charge in [-0.05, 0) is 48.6 Å². The Morgan fingerprint density at radius 1 is 1.32 bits per heavy atom. The summed E-state index contributed by atoms with van der Waals surface area (Å²) in [4.78, 5) is 21.7. The van der Waals surface area contributed by atoms with Crippen LogP contribution in [-0.2, 0) is 9.47 Å². The molecule has 0 aromatic carbocycles. The van der Waals surface area contributed by atoms with Crippen LogP contribution in [0.5, 0.6) is 0 Å². The van der Waals surface area contributed by atoms with Crippen molar-refractivity contribution >= 4 is 27.3 Å². The minimum absolute atomic E-state index is 0.113. The molecule has 3 aromatic rings. The second-order valence-corrected chi connectivity index (χ2v) is 7.86. The van der Waals surface area contributed by atoms with Gasteiger partial charge in [0.05, 0.1) is 24.0 Å². The summed E-state index contributed by atoms with van der Waals surface area (Å²) in [7, 11) is 1.68. The molecule has 0 radical (unpaired) electrons. The zero-order valence-corrected chi connectivity index (χ0v) is 16.7. The Labute approximate surface area is 167 Å². The Morgan fingerprint density at radius 3 is 2.93 bits per heavy atom. The van der Waals surface area contributed by atoms with Crippen LogP contribution < -0.4 is 5.32 Å². The van der Waals surface area contributed by atoms with E-state index in [1.54, 1.807) is 31.0 Å². The minimum Gasteiger partial charge on any atom is -0.382 e. The molecular weight excluding hydrogens is 376 g/mol. The van der Waals surface area contributed by atoms with Crippen molar-refractivity contribution in [2.75, 3.05) is 20.3 Å². The number of carbonyl (C=O) groups is 1. The fraction of sp³-hybridized carbons (Fsp3) is 0.450. The van der Waals surface area contributed by atoms with E-state index < -0.39 is 0 Å². The van der Waals surface area contributed by atoms with Gasteiger partial charge in [-0.2, -0.15) is 0 Å². The van der Waals surface area contributed by atoms with Gasteiger partial charge >= 0.3 is 0 Å². The number of fused-ring (bicyclic) bond motifs is 1. The molecule has 1 amide bonds. The van der Waals surface area contributed by atoms with E-state index in [1.165, 1.54) is 0 Å². The Hall–Kier alpha value is -2.29. The summed E-state index contributed by atoms with van der Waals surface area (Å²) in [6.07, 6.45) is 9.20. The summed E-state index contributed by atoms with van der Waals surface area (Å²) in [6, 6.07) is 4.15. The fourth-order valence-electron chi connectivity index (χ4n) is 3.57. The Balaban J connectivity index is 1.44. The molecule has 0 aliphatic heterocycles. The minimum atomic E-state index is -0.113. The van der Waals surface area contributed by atoms with Gasteiger partial charge in [-0.1, -0.05) is 0 Å². The lowest BCUT2D eigenvalue weighted by Crippen LogP contribution is -2.39. The number of carbonyl (C=O) groups excluding carboxylic acids is 1. The predicted octanol–water partition coefficient (Wildman–Crippen LogP) is 3.19. The summed E-state index contributed by atoms with van der Waals surface area (Å²) in [5.41, 5.74) is 0.481. The monoisotopic (exact) mass is 400 g/mol. The molecule has 0 bridgehead atoms. The van der Waals surface area contributed by atoms with Crippen LogP contribution in [0.3, 0.4) is 0 Å². The van der Waals surface area contributed by atoms with Gasteiger partial charge < -0.3 is 14.8 Å². The first-order valence-corrected chi connectivity index (χ1v) is 10.4. The molecule has 3 heterocycles. The number of thiophene rings is 1. The summed E-state index contributed by atoms with van der Waals surface area (Å²) < 4.78 is 13.6. The van der Waals surface area contributed by atoms with Crippen LogP contribution in [0.1, 0.15) is 36.2 Å². The highest BCUT2D eigenvalue weighted by Gasteiger charge is 2.25. The average Bonchev–Trinajstić information content (AvgIpc) is 3.40. The van der Waals surface area contributed by atoms with E-state index in [0.717, 1.165) is 35.8 Å². The van der Waals surface area contributed by atoms with Crippen LogP contribution in [0.15, 0.2) is 36.2 Å². The molecule has 0 spiro atoms. The Kier molecular flexibility index (Phi) is 5.99. The number of nitrogens with zero attached hydrogens (tertiary/aromatic N) is 3. The van der Waals surface area contributed by atoms with E-state index in [2.05, 4.69) is 15.3 Å². The molecule has 1 saturated carbocycles. The number of imidazole rings is 1. The van der Waals surface area contributed by atoms with Crippen LogP contribution >= 0.6 is 11.3 Å². The second-order valence-electron chi connectivity index (χ2n) is 6.95. The third-order valence-electron chi connectivity index (χ3n) is 5.06. The van der Waals surface area contributed by atoms with Crippen molar-refractivity contribution in [3.8, 4) is 5.82 Å². The SMILES string of the molecule is COCCOC1CCC(NC(=O)c2nc(-n3ccnc3)cc3ccsc23)CC1. The molecule has 0 unspecified atom stereocenters. The third-order valence-corrected chi connectivity index (χ3v) is 5.99. The lowest BCUT2D eigenvalue weighted by molar-refractivity contribution is -0.00408. The molecule has 4 rings (SSSR count). The van der Waals surface area contributed by atoms with Crippen LogP contribution in [0, 0.1) is 0 Å². The van der Waals surface area contributed by atoms with Crippen molar-refractivity contribution in [3.05, 3.63) is 41.9 Å². The van der Waals surface area contributed by atoms with Gasteiger partial charge in [0.1, 0.15) is 17.8 Å². The number of hydrogen-bond acceptors (Lipinski definition) is 6. The van der Waals surface area contributed by atoms with Gasteiger partial charge in [-0.3, -0.25) is 9.36 Å². The van der Waals surface area contributed by atoms with E-state index >= 15 is 0 Å². The van der Waals surface area contributed by atoms with E-state index in [9.17, 15) is 4.79 Å². The molecule has 0 atom stereocenters. The van der Waals surface area contributed by atoms with Gasteiger partial charge in [0.25, 0.3) is 5.91 Å². The highest BCUT2D eigenvalue weighted by Crippen LogP contribution is 2.27. The van der Waals surface area contributed by atoms with Crippen molar-refractivity contribution < 1.29 is 14.3 Å². The summed E-state index contributed by atoms with van der Waals surface area (Å²) in [5.74, 6) is 0.585. The van der Waals surface area contributed by atoms with Gasteiger partial charge in [-0.25, -0.2) is 9.97 Å². The van der Waals surface area contributed by atoms with E-state index in [1.807, 2.05) is 28.3 Å². The van der Waals surface area contributed by atoms with Crippen LogP contribution in [-0.4, -0.2) is 52.9 Å². The molecule has 1 aliphatic rings. The van der Waals surface area contributed by atoms with Crippen LogP contribution in [0.25, 0.3) is 15.9 Å². The van der Waals surface area contributed by atoms with Gasteiger partial charge in [0, 0.05) is 25.5 Å². The van der Waals surface area contributed by atoms with Gasteiger partial charge in [-0.15, -0.1) is 11.3 Å². The van der Waals surface area contributed by atoms with Gasteiger partial charge in [0.15, 0.2) is 0 Å². The van der Waals surface area contributed by atoms with Crippen molar-refractivity contribution in [1.82, 2.24) is 19.9 Å². The lowest BCUT2D eigenvalue weighted by Gasteiger charge is -2.29. The molecule has 1 aliphatic carbocycles. The summed E-state index contributed by atoms with van der Waals surface area (Å²) in [5, 5.41) is 6.18. The number of hydrogen-bond donors (Lipinski definition) is 1. The standard InChI is InChI=1S/C20H24N4O3S/c1-26-9-10-27-16-4-2-15(3-5-16)22-20(25)18-19-14(6-11-28-19)12-17(23-18)24-8-7-21-13-24/h6-8,11-13,15-16H,2-5,9-10H2,1H3,(H,22,25). The largest absolute Gasteiger partial charge is 0.382 e. The number of amides is 1. The average molecular weight is 401 g/mol. The molecule has 8 heteroatoms. The third kappa shape index (κ3) is 4.24. The Morgan fingerprint density at radius 2 is 2.18 bits per heavy atom. The number of aromatic nitrogens is 3. The highest BCUT2D eigenvalue weighted by atomic mass is 32.1.